The maximum atomic E-state index is 12.6. The quantitative estimate of drug-likeness (QED) is 0.704. The molecule has 0 saturated carbocycles. The number of carbonyl (C=O) groups is 2. The molecule has 0 bridgehead atoms. The molecule has 2 aromatic carbocycles. The second-order valence-electron chi connectivity index (χ2n) is 6.66. The van der Waals surface area contributed by atoms with Crippen LogP contribution >= 0.6 is 0 Å². The fourth-order valence-electron chi connectivity index (χ4n) is 3.13. The first-order chi connectivity index (χ1) is 13.0. The number of nitrogens with zero attached hydrogens (tertiary/aromatic N) is 2. The Hall–Kier alpha value is -3.15. The second-order valence-corrected chi connectivity index (χ2v) is 6.66. The number of para-hydroxylation sites is 2. The molecule has 140 valence electrons. The third-order valence-electron chi connectivity index (χ3n) is 4.31. The molecule has 0 aliphatic heterocycles. The molecule has 3 aromatic rings. The third kappa shape index (κ3) is 4.53. The lowest BCUT2D eigenvalue weighted by Gasteiger charge is -2.11. The van der Waals surface area contributed by atoms with Crippen molar-refractivity contribution in [2.75, 3.05) is 5.32 Å². The summed E-state index contributed by atoms with van der Waals surface area (Å²) in [6.45, 7) is 6.22. The smallest absolute Gasteiger partial charge is 0.244 e. The number of benzene rings is 2. The zero-order valence-electron chi connectivity index (χ0n) is 15.9. The maximum Gasteiger partial charge on any atom is 0.244 e. The first kappa shape index (κ1) is 18.6. The van der Waals surface area contributed by atoms with Crippen LogP contribution in [0, 0.1) is 13.8 Å². The van der Waals surface area contributed by atoms with Gasteiger partial charge in [0.1, 0.15) is 12.4 Å². The average Bonchev–Trinajstić information content (AvgIpc) is 2.96. The summed E-state index contributed by atoms with van der Waals surface area (Å²) in [5, 5.41) is 5.79. The van der Waals surface area contributed by atoms with Crippen LogP contribution in [-0.2, 0) is 22.7 Å². The fourth-order valence-corrected chi connectivity index (χ4v) is 3.13. The van der Waals surface area contributed by atoms with E-state index in [1.54, 1.807) is 6.92 Å². The summed E-state index contributed by atoms with van der Waals surface area (Å²) in [5.41, 5.74) is 4.65. The molecular formula is C21H24N4O2. The van der Waals surface area contributed by atoms with Crippen LogP contribution in [0.4, 0.5) is 5.69 Å². The molecule has 0 radical (unpaired) electrons. The van der Waals surface area contributed by atoms with Crippen molar-refractivity contribution in [3.63, 3.8) is 0 Å². The summed E-state index contributed by atoms with van der Waals surface area (Å²) in [4.78, 5) is 28.8. The SMILES string of the molecule is CCC(=O)NCc1nc2ccccc2n1CC(=O)Nc1cc(C)cc(C)c1. The molecule has 27 heavy (non-hydrogen) atoms. The molecule has 0 unspecified atom stereocenters. The number of nitrogens with one attached hydrogen (secondary N) is 2. The number of anilines is 1. The number of amides is 2. The van der Waals surface area contributed by atoms with Crippen LogP contribution in [0.1, 0.15) is 30.3 Å². The molecular weight excluding hydrogens is 340 g/mol. The summed E-state index contributed by atoms with van der Waals surface area (Å²) >= 11 is 0. The molecule has 3 rings (SSSR count). The van der Waals surface area contributed by atoms with Crippen molar-refractivity contribution >= 4 is 28.5 Å². The van der Waals surface area contributed by atoms with E-state index in [9.17, 15) is 9.59 Å². The Morgan fingerprint density at radius 1 is 1.04 bits per heavy atom. The van der Waals surface area contributed by atoms with Crippen molar-refractivity contribution < 1.29 is 9.59 Å². The Kier molecular flexibility index (Phi) is 5.54. The van der Waals surface area contributed by atoms with Crippen molar-refractivity contribution in [2.24, 2.45) is 0 Å². The van der Waals surface area contributed by atoms with Crippen molar-refractivity contribution in [2.45, 2.75) is 40.3 Å². The van der Waals surface area contributed by atoms with Crippen molar-refractivity contribution in [3.05, 3.63) is 59.4 Å². The molecule has 0 saturated heterocycles. The number of imidazole rings is 1. The molecule has 0 atom stereocenters. The molecule has 0 fully saturated rings. The number of fused-ring (bicyclic) bond motifs is 1. The highest BCUT2D eigenvalue weighted by molar-refractivity contribution is 5.92. The Labute approximate surface area is 158 Å². The summed E-state index contributed by atoms with van der Waals surface area (Å²) in [6.07, 6.45) is 0.410. The van der Waals surface area contributed by atoms with E-state index >= 15 is 0 Å². The van der Waals surface area contributed by atoms with Crippen LogP contribution in [0.15, 0.2) is 42.5 Å². The largest absolute Gasteiger partial charge is 0.349 e. The van der Waals surface area contributed by atoms with Gasteiger partial charge in [0, 0.05) is 12.1 Å². The Bertz CT molecular complexity index is 971. The Balaban J connectivity index is 1.83. The molecule has 1 heterocycles. The zero-order chi connectivity index (χ0) is 19.4. The Morgan fingerprint density at radius 2 is 1.74 bits per heavy atom. The summed E-state index contributed by atoms with van der Waals surface area (Å²) in [5.74, 6) is 0.480. The number of aryl methyl sites for hydroxylation is 2. The number of rotatable bonds is 6. The summed E-state index contributed by atoms with van der Waals surface area (Å²) in [7, 11) is 0. The van der Waals surface area contributed by atoms with Gasteiger partial charge in [0.25, 0.3) is 0 Å². The van der Waals surface area contributed by atoms with Crippen LogP contribution in [0.2, 0.25) is 0 Å². The van der Waals surface area contributed by atoms with Crippen molar-refractivity contribution in [1.29, 1.82) is 0 Å². The first-order valence-electron chi connectivity index (χ1n) is 9.05. The molecule has 1 aromatic heterocycles. The fraction of sp³-hybridized carbons (Fsp3) is 0.286. The van der Waals surface area contributed by atoms with Crippen molar-refractivity contribution in [1.82, 2.24) is 14.9 Å². The zero-order valence-corrected chi connectivity index (χ0v) is 15.9. The van der Waals surface area contributed by atoms with Gasteiger partial charge < -0.3 is 15.2 Å². The molecule has 0 aliphatic carbocycles. The predicted molar refractivity (Wildman–Crippen MR) is 106 cm³/mol. The van der Waals surface area contributed by atoms with E-state index in [0.717, 1.165) is 27.8 Å². The van der Waals surface area contributed by atoms with Gasteiger partial charge in [-0.25, -0.2) is 4.98 Å². The summed E-state index contributed by atoms with van der Waals surface area (Å²) in [6, 6.07) is 13.6. The number of aromatic nitrogens is 2. The number of hydrogen-bond donors (Lipinski definition) is 2. The van der Waals surface area contributed by atoms with Crippen LogP contribution < -0.4 is 10.6 Å². The van der Waals surface area contributed by atoms with Gasteiger partial charge in [0.2, 0.25) is 11.8 Å². The highest BCUT2D eigenvalue weighted by Gasteiger charge is 2.14. The predicted octanol–water partition coefficient (Wildman–Crippen LogP) is 3.32. The normalized spacial score (nSPS) is 10.8. The number of hydrogen-bond acceptors (Lipinski definition) is 3. The monoisotopic (exact) mass is 364 g/mol. The number of carbonyl (C=O) groups excluding carboxylic acids is 2. The van der Waals surface area contributed by atoms with Gasteiger partial charge >= 0.3 is 0 Å². The topological polar surface area (TPSA) is 76.0 Å². The standard InChI is InChI=1S/C21H24N4O2/c1-4-20(26)22-12-19-24-17-7-5-6-8-18(17)25(19)13-21(27)23-16-10-14(2)9-15(3)11-16/h5-11H,4,12-13H2,1-3H3,(H,22,26)(H,23,27). The van der Waals surface area contributed by atoms with Crippen LogP contribution in [0.25, 0.3) is 11.0 Å². The van der Waals surface area contributed by atoms with Gasteiger partial charge in [-0.2, -0.15) is 0 Å². The van der Waals surface area contributed by atoms with E-state index in [1.807, 2.05) is 54.8 Å². The van der Waals surface area contributed by atoms with E-state index in [0.29, 0.717) is 12.2 Å². The van der Waals surface area contributed by atoms with E-state index in [4.69, 9.17) is 0 Å². The lowest BCUT2D eigenvalue weighted by molar-refractivity contribution is -0.121. The van der Waals surface area contributed by atoms with Gasteiger partial charge in [0.15, 0.2) is 0 Å². The third-order valence-corrected chi connectivity index (χ3v) is 4.31. The molecule has 6 heteroatoms. The van der Waals surface area contributed by atoms with Crippen LogP contribution in [-0.4, -0.2) is 21.4 Å². The highest BCUT2D eigenvalue weighted by Crippen LogP contribution is 2.17. The van der Waals surface area contributed by atoms with Crippen LogP contribution in [0.3, 0.4) is 0 Å². The van der Waals surface area contributed by atoms with E-state index in [2.05, 4.69) is 21.7 Å². The lowest BCUT2D eigenvalue weighted by atomic mass is 10.1. The van der Waals surface area contributed by atoms with E-state index < -0.39 is 0 Å². The summed E-state index contributed by atoms with van der Waals surface area (Å²) < 4.78 is 1.85. The first-order valence-corrected chi connectivity index (χ1v) is 9.05. The lowest BCUT2D eigenvalue weighted by Crippen LogP contribution is -2.26. The van der Waals surface area contributed by atoms with Crippen molar-refractivity contribution in [3.8, 4) is 0 Å². The maximum absolute atomic E-state index is 12.6. The molecule has 2 N–H and O–H groups in total. The van der Waals surface area contributed by atoms with E-state index in [-0.39, 0.29) is 24.9 Å². The molecule has 6 nitrogen and oxygen atoms in total. The second kappa shape index (κ2) is 8.03. The van der Waals surface area contributed by atoms with Gasteiger partial charge in [-0.15, -0.1) is 0 Å². The minimum absolute atomic E-state index is 0.0479. The van der Waals surface area contributed by atoms with E-state index in [1.165, 1.54) is 0 Å². The van der Waals surface area contributed by atoms with Gasteiger partial charge in [-0.1, -0.05) is 25.1 Å². The Morgan fingerprint density at radius 3 is 2.44 bits per heavy atom. The molecule has 0 spiro atoms. The molecule has 2 amide bonds. The minimum atomic E-state index is -0.133. The van der Waals surface area contributed by atoms with Gasteiger partial charge in [-0.3, -0.25) is 9.59 Å². The molecule has 0 aliphatic rings. The highest BCUT2D eigenvalue weighted by atomic mass is 16.2. The van der Waals surface area contributed by atoms with Crippen LogP contribution in [0.5, 0.6) is 0 Å². The minimum Gasteiger partial charge on any atom is -0.349 e. The average molecular weight is 364 g/mol. The van der Waals surface area contributed by atoms with Gasteiger partial charge in [0.05, 0.1) is 17.6 Å². The van der Waals surface area contributed by atoms with Gasteiger partial charge in [-0.05, 0) is 49.2 Å².